The molecule has 0 unspecified atom stereocenters. The minimum absolute atomic E-state index is 0.363. The first kappa shape index (κ1) is 39.1. The molecule has 0 bridgehead atoms. The third-order valence-electron chi connectivity index (χ3n) is 6.15. The molecular weight excluding hydrogens is 641 g/mol. The monoisotopic (exact) mass is 669 g/mol. The highest BCUT2D eigenvalue weighted by molar-refractivity contribution is 5.73. The second kappa shape index (κ2) is 17.0. The number of methoxy groups -OCH3 is 1. The summed E-state index contributed by atoms with van der Waals surface area (Å²) < 4.78 is 107. The third kappa shape index (κ3) is 14.2. The highest BCUT2D eigenvalue weighted by Crippen LogP contribution is 2.34. The molecule has 20 heteroatoms. The summed E-state index contributed by atoms with van der Waals surface area (Å²) in [7, 11) is 1.85. The molecule has 2 saturated heterocycles. The number of carboxylic acids is 3. The number of fused-ring (bicyclic) bond motifs is 1. The van der Waals surface area contributed by atoms with Crippen molar-refractivity contribution >= 4 is 17.9 Å². The van der Waals surface area contributed by atoms with Crippen LogP contribution in [0.5, 0.6) is 0 Å². The number of rotatable bonds is 5. The molecule has 4 rings (SSSR count). The number of alkyl halides is 9. The average molecular weight is 669 g/mol. The van der Waals surface area contributed by atoms with Gasteiger partial charge in [0.05, 0.1) is 18.9 Å². The molecule has 11 nitrogen and oxygen atoms in total. The van der Waals surface area contributed by atoms with Crippen molar-refractivity contribution in [3.05, 3.63) is 54.2 Å². The van der Waals surface area contributed by atoms with Crippen molar-refractivity contribution < 1.29 is 78.4 Å². The summed E-state index contributed by atoms with van der Waals surface area (Å²) in [6, 6.07) is 8.74. The zero-order valence-electron chi connectivity index (χ0n) is 23.1. The van der Waals surface area contributed by atoms with Crippen molar-refractivity contribution in [3.63, 3.8) is 0 Å². The molecule has 2 aromatic rings. The Balaban J connectivity index is 0.000000396. The second-order valence-corrected chi connectivity index (χ2v) is 9.31. The lowest BCUT2D eigenvalue weighted by molar-refractivity contribution is -0.193. The van der Waals surface area contributed by atoms with Crippen LogP contribution < -0.4 is 0 Å². The number of hydrogen-bond acceptors (Lipinski definition) is 8. The number of nitrogens with zero attached hydrogens (tertiary/aromatic N) is 3. The number of carboxylic acid groups (broad SMARTS) is 3. The molecule has 2 aromatic heterocycles. The van der Waals surface area contributed by atoms with E-state index in [0.717, 1.165) is 44.9 Å². The number of piperidine rings is 1. The van der Waals surface area contributed by atoms with Crippen LogP contribution in [0.1, 0.15) is 17.7 Å². The van der Waals surface area contributed by atoms with Crippen molar-refractivity contribution in [1.82, 2.24) is 14.8 Å². The number of aromatic nitrogens is 1. The number of pyridine rings is 1. The molecular formula is C25H28F9N3O8. The van der Waals surface area contributed by atoms with Crippen molar-refractivity contribution in [2.75, 3.05) is 26.7 Å². The number of aliphatic carboxylic acids is 3. The van der Waals surface area contributed by atoms with Gasteiger partial charge in [-0.05, 0) is 30.2 Å². The van der Waals surface area contributed by atoms with Gasteiger partial charge in [-0.15, -0.1) is 0 Å². The van der Waals surface area contributed by atoms with Gasteiger partial charge in [-0.3, -0.25) is 14.8 Å². The number of furan rings is 1. The highest BCUT2D eigenvalue weighted by atomic mass is 19.4. The molecule has 3 atom stereocenters. The summed E-state index contributed by atoms with van der Waals surface area (Å²) in [6.45, 7) is 5.10. The van der Waals surface area contributed by atoms with Crippen LogP contribution in [0.15, 0.2) is 47.3 Å². The van der Waals surface area contributed by atoms with Gasteiger partial charge in [0, 0.05) is 57.6 Å². The SMILES string of the molecule is CO[C@H]1CCN(Cc2ccco2)[C@@H]2CN(Cc3cccnc3)C[C@H]12.O=C(O)C(F)(F)F.O=C(O)C(F)(F)F.O=C(O)C(F)(F)F. The molecule has 0 saturated carbocycles. The van der Waals surface area contributed by atoms with E-state index in [0.29, 0.717) is 18.1 Å². The summed E-state index contributed by atoms with van der Waals surface area (Å²) in [6.07, 6.45) is -8.23. The minimum atomic E-state index is -5.08. The Kier molecular flexibility index (Phi) is 14.7. The first-order valence-corrected chi connectivity index (χ1v) is 12.5. The van der Waals surface area contributed by atoms with E-state index < -0.39 is 36.4 Å². The van der Waals surface area contributed by atoms with Crippen LogP contribution in [0, 0.1) is 5.92 Å². The number of halogens is 9. The molecule has 2 fully saturated rings. The fraction of sp³-hybridized carbons (Fsp3) is 0.520. The fourth-order valence-electron chi connectivity index (χ4n) is 4.29. The van der Waals surface area contributed by atoms with E-state index in [1.807, 2.05) is 31.6 Å². The van der Waals surface area contributed by atoms with Gasteiger partial charge in [-0.25, -0.2) is 14.4 Å². The Morgan fingerprint density at radius 2 is 1.42 bits per heavy atom. The van der Waals surface area contributed by atoms with E-state index in [4.69, 9.17) is 38.9 Å². The first-order valence-electron chi connectivity index (χ1n) is 12.5. The zero-order valence-corrected chi connectivity index (χ0v) is 23.1. The molecule has 0 amide bonds. The summed E-state index contributed by atoms with van der Waals surface area (Å²) >= 11 is 0. The van der Waals surface area contributed by atoms with Crippen molar-refractivity contribution in [2.45, 2.75) is 50.2 Å². The second-order valence-electron chi connectivity index (χ2n) is 9.31. The fourth-order valence-corrected chi connectivity index (χ4v) is 4.29. The van der Waals surface area contributed by atoms with Crippen LogP contribution in [0.2, 0.25) is 0 Å². The van der Waals surface area contributed by atoms with E-state index in [2.05, 4.69) is 26.9 Å². The predicted molar refractivity (Wildman–Crippen MR) is 132 cm³/mol. The maximum atomic E-state index is 10.6. The Labute approximate surface area is 248 Å². The zero-order chi connectivity index (χ0) is 34.6. The van der Waals surface area contributed by atoms with E-state index in [1.54, 1.807) is 6.26 Å². The van der Waals surface area contributed by atoms with Crippen LogP contribution in [0.4, 0.5) is 39.5 Å². The molecule has 3 N–H and O–H groups in total. The Bertz CT molecular complexity index is 1140. The van der Waals surface area contributed by atoms with Crippen molar-refractivity contribution in [1.29, 1.82) is 0 Å². The van der Waals surface area contributed by atoms with E-state index >= 15 is 0 Å². The van der Waals surface area contributed by atoms with Gasteiger partial charge in [-0.2, -0.15) is 39.5 Å². The molecule has 4 heterocycles. The van der Waals surface area contributed by atoms with E-state index in [-0.39, 0.29) is 0 Å². The molecule has 0 aliphatic carbocycles. The topological polar surface area (TPSA) is 154 Å². The predicted octanol–water partition coefficient (Wildman–Crippen LogP) is 4.30. The molecule has 45 heavy (non-hydrogen) atoms. The average Bonchev–Trinajstić information content (AvgIpc) is 3.59. The lowest BCUT2D eigenvalue weighted by atomic mass is 9.89. The normalized spacial score (nSPS) is 20.3. The first-order chi connectivity index (χ1) is 20.7. The number of ether oxygens (including phenoxy) is 1. The van der Waals surface area contributed by atoms with Gasteiger partial charge < -0.3 is 24.5 Å². The van der Waals surface area contributed by atoms with Crippen molar-refractivity contribution in [2.24, 2.45) is 5.92 Å². The van der Waals surface area contributed by atoms with Gasteiger partial charge in [0.1, 0.15) is 5.76 Å². The van der Waals surface area contributed by atoms with Gasteiger partial charge >= 0.3 is 36.4 Å². The van der Waals surface area contributed by atoms with Crippen LogP contribution in [-0.2, 0) is 32.2 Å². The molecule has 0 radical (unpaired) electrons. The van der Waals surface area contributed by atoms with E-state index in [1.165, 1.54) is 5.56 Å². The number of likely N-dealkylation sites (tertiary alicyclic amines) is 2. The lowest BCUT2D eigenvalue weighted by Crippen LogP contribution is -2.50. The van der Waals surface area contributed by atoms with E-state index in [9.17, 15) is 39.5 Å². The van der Waals surface area contributed by atoms with Gasteiger partial charge in [0.2, 0.25) is 0 Å². The van der Waals surface area contributed by atoms with Gasteiger partial charge in [-0.1, -0.05) is 6.07 Å². The molecule has 0 spiro atoms. The maximum Gasteiger partial charge on any atom is 0.490 e. The van der Waals surface area contributed by atoms with Crippen molar-refractivity contribution in [3.8, 4) is 0 Å². The Morgan fingerprint density at radius 3 is 1.82 bits per heavy atom. The third-order valence-corrected chi connectivity index (χ3v) is 6.15. The lowest BCUT2D eigenvalue weighted by Gasteiger charge is -2.40. The molecule has 0 aromatic carbocycles. The number of carbonyl (C=O) groups is 3. The van der Waals surface area contributed by atoms with Crippen LogP contribution >= 0.6 is 0 Å². The Morgan fingerprint density at radius 1 is 0.889 bits per heavy atom. The quantitative estimate of drug-likeness (QED) is 0.391. The van der Waals surface area contributed by atoms with Crippen LogP contribution in [0.25, 0.3) is 0 Å². The molecule has 2 aliphatic heterocycles. The molecule has 2 aliphatic rings. The summed E-state index contributed by atoms with van der Waals surface area (Å²) in [5.41, 5.74) is 1.28. The highest BCUT2D eigenvalue weighted by Gasteiger charge is 2.44. The summed E-state index contributed by atoms with van der Waals surface area (Å²) in [5.74, 6) is -6.65. The Hall–Kier alpha value is -3.91. The smallest absolute Gasteiger partial charge is 0.475 e. The van der Waals surface area contributed by atoms with Gasteiger partial charge in [0.25, 0.3) is 0 Å². The maximum absolute atomic E-state index is 10.6. The summed E-state index contributed by atoms with van der Waals surface area (Å²) in [5, 5.41) is 21.4. The van der Waals surface area contributed by atoms with Crippen LogP contribution in [-0.4, -0.2) is 105 Å². The minimum Gasteiger partial charge on any atom is -0.475 e. The number of hydrogen-bond donors (Lipinski definition) is 3. The van der Waals surface area contributed by atoms with Gasteiger partial charge in [0.15, 0.2) is 0 Å². The van der Waals surface area contributed by atoms with Crippen LogP contribution in [0.3, 0.4) is 0 Å². The standard InChI is InChI=1S/C19H25N3O2.3C2HF3O2/c1-23-19-6-8-22(12-16-5-3-9-24-16)18-14-21(13-17(18)19)11-15-4-2-7-20-10-15;3*3-2(4,5)1(6)7/h2-5,7,9-10,17-19H,6,8,11-14H2,1H3;3*(H,6,7)/t17-,18+,19-;;;/m0.../s1. The molecule has 254 valence electrons. The summed E-state index contributed by atoms with van der Waals surface area (Å²) in [4.78, 5) is 36.0. The largest absolute Gasteiger partial charge is 0.490 e.